The zero-order valence-electron chi connectivity index (χ0n) is 13.6. The molecule has 0 saturated carbocycles. The predicted octanol–water partition coefficient (Wildman–Crippen LogP) is 4.92. The predicted molar refractivity (Wildman–Crippen MR) is 95.8 cm³/mol. The summed E-state index contributed by atoms with van der Waals surface area (Å²) in [7, 11) is 1.98. The average Bonchev–Trinajstić information content (AvgIpc) is 2.53. The highest BCUT2D eigenvalue weighted by molar-refractivity contribution is 8.00. The number of rotatable bonds is 8. The van der Waals surface area contributed by atoms with Gasteiger partial charge < -0.3 is 10.1 Å². The Morgan fingerprint density at radius 1 is 1.00 bits per heavy atom. The summed E-state index contributed by atoms with van der Waals surface area (Å²) >= 11 is 1.85. The fourth-order valence-corrected chi connectivity index (χ4v) is 3.19. The van der Waals surface area contributed by atoms with Gasteiger partial charge in [0.2, 0.25) is 0 Å². The van der Waals surface area contributed by atoms with E-state index in [4.69, 9.17) is 4.74 Å². The van der Waals surface area contributed by atoms with Crippen LogP contribution in [0, 0.1) is 0 Å². The van der Waals surface area contributed by atoms with E-state index in [1.54, 1.807) is 0 Å². The van der Waals surface area contributed by atoms with E-state index in [1.807, 2.05) is 30.9 Å². The minimum Gasteiger partial charge on any atom is -0.485 e. The zero-order chi connectivity index (χ0) is 15.8. The van der Waals surface area contributed by atoms with E-state index in [0.717, 1.165) is 18.7 Å². The van der Waals surface area contributed by atoms with Gasteiger partial charge in [0.25, 0.3) is 0 Å². The standard InChI is InChI=1S/C19H25NOS/c1-15(2)22-19-12-8-7-11-18(19)21-17(13-14-20-3)16-9-5-4-6-10-16/h4-12,15,17,20H,13-14H2,1-3H3. The molecule has 1 N–H and O–H groups in total. The highest BCUT2D eigenvalue weighted by atomic mass is 32.2. The van der Waals surface area contributed by atoms with Gasteiger partial charge in [-0.15, -0.1) is 11.8 Å². The Labute approximate surface area is 138 Å². The molecule has 2 aromatic rings. The lowest BCUT2D eigenvalue weighted by molar-refractivity contribution is 0.190. The number of thioether (sulfide) groups is 1. The van der Waals surface area contributed by atoms with E-state index in [0.29, 0.717) is 5.25 Å². The molecule has 118 valence electrons. The maximum Gasteiger partial charge on any atom is 0.133 e. The lowest BCUT2D eigenvalue weighted by Crippen LogP contribution is -2.16. The Kier molecular flexibility index (Phi) is 6.81. The fourth-order valence-electron chi connectivity index (χ4n) is 2.29. The third kappa shape index (κ3) is 5.08. The minimum atomic E-state index is 0.0718. The molecule has 0 bridgehead atoms. The van der Waals surface area contributed by atoms with Crippen LogP contribution in [0.2, 0.25) is 0 Å². The molecule has 0 heterocycles. The van der Waals surface area contributed by atoms with Crippen molar-refractivity contribution in [1.82, 2.24) is 5.32 Å². The minimum absolute atomic E-state index is 0.0718. The van der Waals surface area contributed by atoms with Crippen molar-refractivity contribution in [3.05, 3.63) is 60.2 Å². The van der Waals surface area contributed by atoms with Crippen LogP contribution in [0.25, 0.3) is 0 Å². The van der Waals surface area contributed by atoms with Crippen LogP contribution in [0.3, 0.4) is 0 Å². The number of para-hydroxylation sites is 1. The molecular formula is C19H25NOS. The van der Waals surface area contributed by atoms with Crippen LogP contribution in [-0.2, 0) is 0 Å². The van der Waals surface area contributed by atoms with E-state index in [2.05, 4.69) is 61.6 Å². The topological polar surface area (TPSA) is 21.3 Å². The first-order valence-corrected chi connectivity index (χ1v) is 8.70. The van der Waals surface area contributed by atoms with Gasteiger partial charge in [-0.1, -0.05) is 56.3 Å². The quantitative estimate of drug-likeness (QED) is 0.699. The SMILES string of the molecule is CNCCC(Oc1ccccc1SC(C)C)c1ccccc1. The molecule has 3 heteroatoms. The molecular weight excluding hydrogens is 290 g/mol. The lowest BCUT2D eigenvalue weighted by Gasteiger charge is -2.21. The summed E-state index contributed by atoms with van der Waals surface area (Å²) in [5, 5.41) is 3.75. The molecule has 0 aliphatic carbocycles. The molecule has 1 unspecified atom stereocenters. The van der Waals surface area contributed by atoms with Crippen molar-refractivity contribution in [2.75, 3.05) is 13.6 Å². The molecule has 0 amide bonds. The average molecular weight is 315 g/mol. The first-order chi connectivity index (χ1) is 10.7. The molecule has 0 aliphatic heterocycles. The van der Waals surface area contributed by atoms with Crippen molar-refractivity contribution in [1.29, 1.82) is 0 Å². The number of nitrogens with one attached hydrogen (secondary N) is 1. The Balaban J connectivity index is 2.20. The van der Waals surface area contributed by atoms with Crippen LogP contribution in [0.5, 0.6) is 5.75 Å². The van der Waals surface area contributed by atoms with Crippen molar-refractivity contribution in [2.45, 2.75) is 36.5 Å². The van der Waals surface area contributed by atoms with Crippen LogP contribution in [0.4, 0.5) is 0 Å². The maximum absolute atomic E-state index is 6.37. The van der Waals surface area contributed by atoms with Gasteiger partial charge in [0, 0.05) is 16.6 Å². The number of benzene rings is 2. The van der Waals surface area contributed by atoms with Crippen molar-refractivity contribution in [3.8, 4) is 5.75 Å². The van der Waals surface area contributed by atoms with E-state index >= 15 is 0 Å². The molecule has 2 rings (SSSR count). The van der Waals surface area contributed by atoms with Gasteiger partial charge >= 0.3 is 0 Å². The molecule has 0 radical (unpaired) electrons. The van der Waals surface area contributed by atoms with Crippen LogP contribution in [-0.4, -0.2) is 18.8 Å². The van der Waals surface area contributed by atoms with Gasteiger partial charge in [0.1, 0.15) is 11.9 Å². The normalized spacial score (nSPS) is 12.4. The Morgan fingerprint density at radius 3 is 2.36 bits per heavy atom. The molecule has 0 fully saturated rings. The summed E-state index contributed by atoms with van der Waals surface area (Å²) in [6, 6.07) is 18.8. The van der Waals surface area contributed by atoms with Crippen molar-refractivity contribution in [3.63, 3.8) is 0 Å². The van der Waals surface area contributed by atoms with E-state index in [-0.39, 0.29) is 6.10 Å². The summed E-state index contributed by atoms with van der Waals surface area (Å²) in [5.41, 5.74) is 1.22. The Bertz CT molecular complexity index is 556. The van der Waals surface area contributed by atoms with Crippen LogP contribution < -0.4 is 10.1 Å². The first-order valence-electron chi connectivity index (χ1n) is 7.82. The lowest BCUT2D eigenvalue weighted by atomic mass is 10.1. The number of hydrogen-bond acceptors (Lipinski definition) is 3. The largest absolute Gasteiger partial charge is 0.485 e. The second-order valence-electron chi connectivity index (χ2n) is 5.52. The van der Waals surface area contributed by atoms with Gasteiger partial charge in [0.05, 0.1) is 0 Å². The number of hydrogen-bond donors (Lipinski definition) is 1. The first kappa shape index (κ1) is 16.9. The highest BCUT2D eigenvalue weighted by Gasteiger charge is 2.15. The Morgan fingerprint density at radius 2 is 1.68 bits per heavy atom. The molecule has 22 heavy (non-hydrogen) atoms. The van der Waals surface area contributed by atoms with Crippen molar-refractivity contribution in [2.24, 2.45) is 0 Å². The third-order valence-electron chi connectivity index (χ3n) is 3.31. The van der Waals surface area contributed by atoms with Crippen molar-refractivity contribution >= 4 is 11.8 Å². The molecule has 2 aromatic carbocycles. The van der Waals surface area contributed by atoms with E-state index in [9.17, 15) is 0 Å². The summed E-state index contributed by atoms with van der Waals surface area (Å²) in [4.78, 5) is 1.21. The summed E-state index contributed by atoms with van der Waals surface area (Å²) in [6.07, 6.45) is 1.02. The second-order valence-corrected chi connectivity index (χ2v) is 7.14. The van der Waals surface area contributed by atoms with Gasteiger partial charge in [0.15, 0.2) is 0 Å². The summed E-state index contributed by atoms with van der Waals surface area (Å²) < 4.78 is 6.37. The van der Waals surface area contributed by atoms with Gasteiger partial charge in [-0.05, 0) is 31.3 Å². The molecule has 2 nitrogen and oxygen atoms in total. The molecule has 0 aliphatic rings. The molecule has 0 aromatic heterocycles. The van der Waals surface area contributed by atoms with Gasteiger partial charge in [-0.2, -0.15) is 0 Å². The smallest absolute Gasteiger partial charge is 0.133 e. The maximum atomic E-state index is 6.37. The van der Waals surface area contributed by atoms with Crippen LogP contribution in [0.1, 0.15) is 31.9 Å². The third-order valence-corrected chi connectivity index (χ3v) is 4.37. The monoisotopic (exact) mass is 315 g/mol. The molecule has 0 spiro atoms. The van der Waals surface area contributed by atoms with Crippen LogP contribution >= 0.6 is 11.8 Å². The second kappa shape index (κ2) is 8.86. The van der Waals surface area contributed by atoms with Gasteiger partial charge in [-0.25, -0.2) is 0 Å². The van der Waals surface area contributed by atoms with Crippen molar-refractivity contribution < 1.29 is 4.74 Å². The summed E-state index contributed by atoms with van der Waals surface area (Å²) in [6.45, 7) is 5.34. The Hall–Kier alpha value is -1.45. The zero-order valence-corrected chi connectivity index (χ0v) is 14.4. The van der Waals surface area contributed by atoms with Gasteiger partial charge in [-0.3, -0.25) is 0 Å². The number of ether oxygens (including phenoxy) is 1. The molecule has 0 saturated heterocycles. The van der Waals surface area contributed by atoms with E-state index in [1.165, 1.54) is 10.5 Å². The van der Waals surface area contributed by atoms with E-state index < -0.39 is 0 Å². The highest BCUT2D eigenvalue weighted by Crippen LogP contribution is 2.35. The summed E-state index contributed by atoms with van der Waals surface area (Å²) in [5.74, 6) is 0.978. The fraction of sp³-hybridized carbons (Fsp3) is 0.368. The molecule has 1 atom stereocenters. The van der Waals surface area contributed by atoms with Crippen LogP contribution in [0.15, 0.2) is 59.5 Å².